The van der Waals surface area contributed by atoms with Crippen molar-refractivity contribution in [3.05, 3.63) is 35.5 Å². The number of carboxylic acid groups (broad SMARTS) is 1. The number of hydrogen-bond donors (Lipinski definition) is 1. The molecule has 0 radical (unpaired) electrons. The number of ether oxygens (including phenoxy) is 1. The number of benzene rings is 1. The van der Waals surface area contributed by atoms with Crippen LogP contribution in [0.3, 0.4) is 0 Å². The highest BCUT2D eigenvalue weighted by molar-refractivity contribution is 6.02. The van der Waals surface area contributed by atoms with Gasteiger partial charge in [0.25, 0.3) is 0 Å². The number of pyridine rings is 1. The van der Waals surface area contributed by atoms with Crippen LogP contribution >= 0.6 is 0 Å². The fraction of sp³-hybridized carbons (Fsp3) is 0.167. The van der Waals surface area contributed by atoms with Crippen molar-refractivity contribution in [1.29, 1.82) is 0 Å². The highest BCUT2D eigenvalue weighted by Crippen LogP contribution is 2.24. The molecule has 1 N–H and O–H groups in total. The molecular formula is C12H11NO3. The molecule has 0 saturated heterocycles. The summed E-state index contributed by atoms with van der Waals surface area (Å²) in [5, 5.41) is 9.86. The van der Waals surface area contributed by atoms with Crippen molar-refractivity contribution in [2.45, 2.75) is 6.92 Å². The van der Waals surface area contributed by atoms with E-state index >= 15 is 0 Å². The maximum absolute atomic E-state index is 11.1. The molecule has 1 aromatic carbocycles. The molecule has 82 valence electrons. The van der Waals surface area contributed by atoms with E-state index in [9.17, 15) is 4.79 Å². The van der Waals surface area contributed by atoms with Gasteiger partial charge in [-0.2, -0.15) is 0 Å². The molecule has 4 nitrogen and oxygen atoms in total. The third-order valence-electron chi connectivity index (χ3n) is 2.37. The Morgan fingerprint density at radius 1 is 1.38 bits per heavy atom. The van der Waals surface area contributed by atoms with E-state index in [0.29, 0.717) is 11.3 Å². The summed E-state index contributed by atoms with van der Waals surface area (Å²) in [4.78, 5) is 15.3. The van der Waals surface area contributed by atoms with Crippen molar-refractivity contribution in [1.82, 2.24) is 4.98 Å². The summed E-state index contributed by atoms with van der Waals surface area (Å²) in [5.74, 6) is -0.474. The van der Waals surface area contributed by atoms with Crippen molar-refractivity contribution in [2.24, 2.45) is 0 Å². The van der Waals surface area contributed by atoms with Gasteiger partial charge >= 0.3 is 5.97 Å². The first kappa shape index (κ1) is 10.4. The lowest BCUT2D eigenvalue weighted by molar-refractivity contribution is 0.0698. The lowest BCUT2D eigenvalue weighted by Crippen LogP contribution is -2.00. The smallest absolute Gasteiger partial charge is 0.338 e. The van der Waals surface area contributed by atoms with Crippen LogP contribution in [-0.2, 0) is 0 Å². The molecule has 16 heavy (non-hydrogen) atoms. The van der Waals surface area contributed by atoms with Crippen LogP contribution in [0.5, 0.6) is 5.75 Å². The van der Waals surface area contributed by atoms with Crippen LogP contribution in [0.4, 0.5) is 0 Å². The van der Waals surface area contributed by atoms with E-state index in [-0.39, 0.29) is 5.56 Å². The number of aryl methyl sites for hydroxylation is 1. The zero-order valence-electron chi connectivity index (χ0n) is 9.02. The van der Waals surface area contributed by atoms with Crippen LogP contribution < -0.4 is 4.74 Å². The molecule has 0 bridgehead atoms. The fourth-order valence-electron chi connectivity index (χ4n) is 1.59. The van der Waals surface area contributed by atoms with Crippen molar-refractivity contribution in [2.75, 3.05) is 7.11 Å². The zero-order chi connectivity index (χ0) is 11.7. The Kier molecular flexibility index (Phi) is 2.48. The Labute approximate surface area is 92.5 Å². The molecule has 0 unspecified atom stereocenters. The van der Waals surface area contributed by atoms with Crippen LogP contribution in [0.1, 0.15) is 16.1 Å². The van der Waals surface area contributed by atoms with Gasteiger partial charge in [0.15, 0.2) is 0 Å². The molecule has 2 rings (SSSR count). The van der Waals surface area contributed by atoms with Gasteiger partial charge in [-0.15, -0.1) is 0 Å². The van der Waals surface area contributed by atoms with Gasteiger partial charge in [-0.25, -0.2) is 4.79 Å². The Hall–Kier alpha value is -2.10. The van der Waals surface area contributed by atoms with E-state index in [4.69, 9.17) is 9.84 Å². The molecule has 0 aliphatic heterocycles. The summed E-state index contributed by atoms with van der Waals surface area (Å²) in [6, 6.07) is 6.94. The van der Waals surface area contributed by atoms with Gasteiger partial charge in [0, 0.05) is 11.1 Å². The Morgan fingerprint density at radius 2 is 2.12 bits per heavy atom. The van der Waals surface area contributed by atoms with Crippen LogP contribution in [-0.4, -0.2) is 23.2 Å². The van der Waals surface area contributed by atoms with Gasteiger partial charge < -0.3 is 9.84 Å². The van der Waals surface area contributed by atoms with Crippen LogP contribution in [0.25, 0.3) is 10.9 Å². The largest absolute Gasteiger partial charge is 0.497 e. The van der Waals surface area contributed by atoms with Gasteiger partial charge in [0.05, 0.1) is 18.2 Å². The standard InChI is InChI=1S/C12H11NO3/c1-7-3-4-8-5-9(16-2)6-10(12(14)15)11(8)13-7/h3-6H,1-2H3,(H,14,15). The molecule has 2 aromatic rings. The average molecular weight is 217 g/mol. The SMILES string of the molecule is COc1cc(C(=O)O)c2nc(C)ccc2c1. The minimum Gasteiger partial charge on any atom is -0.497 e. The number of fused-ring (bicyclic) bond motifs is 1. The molecule has 1 heterocycles. The fourth-order valence-corrected chi connectivity index (χ4v) is 1.59. The number of hydrogen-bond acceptors (Lipinski definition) is 3. The predicted molar refractivity (Wildman–Crippen MR) is 60.0 cm³/mol. The van der Waals surface area contributed by atoms with Gasteiger partial charge in [-0.1, -0.05) is 6.07 Å². The third kappa shape index (κ3) is 1.69. The summed E-state index contributed by atoms with van der Waals surface area (Å²) >= 11 is 0. The van der Waals surface area contributed by atoms with E-state index < -0.39 is 5.97 Å². The van der Waals surface area contributed by atoms with Crippen LogP contribution in [0.2, 0.25) is 0 Å². The first-order valence-electron chi connectivity index (χ1n) is 4.80. The normalized spacial score (nSPS) is 10.4. The van der Waals surface area contributed by atoms with E-state index in [1.54, 1.807) is 6.07 Å². The monoisotopic (exact) mass is 217 g/mol. The summed E-state index contributed by atoms with van der Waals surface area (Å²) in [6.07, 6.45) is 0. The molecule has 0 amide bonds. The zero-order valence-corrected chi connectivity index (χ0v) is 9.02. The molecule has 0 aliphatic carbocycles. The quantitative estimate of drug-likeness (QED) is 0.838. The number of carbonyl (C=O) groups is 1. The first-order valence-corrected chi connectivity index (χ1v) is 4.80. The molecule has 0 fully saturated rings. The minimum absolute atomic E-state index is 0.165. The number of nitrogens with zero attached hydrogens (tertiary/aromatic N) is 1. The van der Waals surface area contributed by atoms with Crippen LogP contribution in [0.15, 0.2) is 24.3 Å². The maximum Gasteiger partial charge on any atom is 0.338 e. The van der Waals surface area contributed by atoms with Gasteiger partial charge in [0.2, 0.25) is 0 Å². The third-order valence-corrected chi connectivity index (χ3v) is 2.37. The molecule has 4 heteroatoms. The lowest BCUT2D eigenvalue weighted by atomic mass is 10.1. The van der Waals surface area contributed by atoms with Gasteiger partial charge in [-0.3, -0.25) is 4.98 Å². The number of aromatic nitrogens is 1. The van der Waals surface area contributed by atoms with Crippen molar-refractivity contribution in [3.8, 4) is 5.75 Å². The second-order valence-corrected chi connectivity index (χ2v) is 3.50. The average Bonchev–Trinajstić information content (AvgIpc) is 2.27. The van der Waals surface area contributed by atoms with E-state index in [1.807, 2.05) is 19.1 Å². The molecule has 0 saturated carbocycles. The van der Waals surface area contributed by atoms with E-state index in [0.717, 1.165) is 11.1 Å². The van der Waals surface area contributed by atoms with Gasteiger partial charge in [-0.05, 0) is 25.1 Å². The number of methoxy groups -OCH3 is 1. The predicted octanol–water partition coefficient (Wildman–Crippen LogP) is 2.25. The lowest BCUT2D eigenvalue weighted by Gasteiger charge is -2.06. The number of rotatable bonds is 2. The molecule has 1 aromatic heterocycles. The van der Waals surface area contributed by atoms with E-state index in [1.165, 1.54) is 13.2 Å². The molecular weight excluding hydrogens is 206 g/mol. The maximum atomic E-state index is 11.1. The summed E-state index contributed by atoms with van der Waals surface area (Å²) in [6.45, 7) is 1.83. The summed E-state index contributed by atoms with van der Waals surface area (Å²) in [5.41, 5.74) is 1.45. The molecule has 0 aliphatic rings. The van der Waals surface area contributed by atoms with E-state index in [2.05, 4.69) is 4.98 Å². The summed E-state index contributed by atoms with van der Waals surface area (Å²) < 4.78 is 5.05. The number of carboxylic acids is 1. The van der Waals surface area contributed by atoms with Crippen molar-refractivity contribution >= 4 is 16.9 Å². The second kappa shape index (κ2) is 3.81. The molecule has 0 spiro atoms. The Morgan fingerprint density at radius 3 is 2.75 bits per heavy atom. The van der Waals surface area contributed by atoms with Crippen molar-refractivity contribution in [3.63, 3.8) is 0 Å². The Balaban J connectivity index is 2.82. The second-order valence-electron chi connectivity index (χ2n) is 3.50. The van der Waals surface area contributed by atoms with Crippen molar-refractivity contribution < 1.29 is 14.6 Å². The highest BCUT2D eigenvalue weighted by atomic mass is 16.5. The topological polar surface area (TPSA) is 59.4 Å². The Bertz CT molecular complexity index is 563. The minimum atomic E-state index is -0.998. The summed E-state index contributed by atoms with van der Waals surface area (Å²) in [7, 11) is 1.51. The first-order chi connectivity index (χ1) is 7.61. The molecule has 0 atom stereocenters. The highest BCUT2D eigenvalue weighted by Gasteiger charge is 2.12. The van der Waals surface area contributed by atoms with Gasteiger partial charge in [0.1, 0.15) is 5.75 Å². The van der Waals surface area contributed by atoms with Crippen LogP contribution in [0, 0.1) is 6.92 Å². The number of aromatic carboxylic acids is 1.